The Labute approximate surface area is 146 Å². The Balaban J connectivity index is 1.91. The molecular weight excluding hydrogens is 316 g/mol. The maximum atomic E-state index is 12.8. The number of Topliss-reactive ketones (excluding diaryl/α,β-unsaturated/α-hetero) is 1. The maximum absolute atomic E-state index is 12.8. The lowest BCUT2D eigenvalue weighted by atomic mass is 9.86. The maximum Gasteiger partial charge on any atom is 0.269 e. The molecule has 1 aliphatic rings. The fraction of sp³-hybridized carbons (Fsp3) is 0.250. The summed E-state index contributed by atoms with van der Waals surface area (Å²) in [5.74, 6) is -0.0625. The van der Waals surface area contributed by atoms with Gasteiger partial charge in [-0.05, 0) is 50.1 Å². The number of anilines is 1. The second-order valence-electron chi connectivity index (χ2n) is 6.76. The number of para-hydroxylation sites is 1. The molecule has 0 aromatic heterocycles. The number of nitro benzene ring substituents is 1. The zero-order valence-corrected chi connectivity index (χ0v) is 14.5. The van der Waals surface area contributed by atoms with E-state index in [0.717, 1.165) is 11.3 Å². The molecule has 0 radical (unpaired) electrons. The first kappa shape index (κ1) is 16.9. The van der Waals surface area contributed by atoms with Crippen molar-refractivity contribution in [3.05, 3.63) is 75.3 Å². The lowest BCUT2D eigenvalue weighted by molar-refractivity contribution is -0.384. The van der Waals surface area contributed by atoms with Crippen LogP contribution in [0.4, 0.5) is 11.4 Å². The summed E-state index contributed by atoms with van der Waals surface area (Å²) in [4.78, 5) is 25.2. The normalized spacial score (nSPS) is 15.3. The van der Waals surface area contributed by atoms with Gasteiger partial charge in [0, 0.05) is 23.4 Å². The van der Waals surface area contributed by atoms with Crippen molar-refractivity contribution in [2.75, 3.05) is 11.4 Å². The van der Waals surface area contributed by atoms with Crippen LogP contribution in [-0.2, 0) is 0 Å². The van der Waals surface area contributed by atoms with Gasteiger partial charge in [-0.1, -0.05) is 24.3 Å². The monoisotopic (exact) mass is 336 g/mol. The van der Waals surface area contributed by atoms with Crippen LogP contribution in [0.1, 0.15) is 36.7 Å². The summed E-state index contributed by atoms with van der Waals surface area (Å²) < 4.78 is 0. The van der Waals surface area contributed by atoms with Gasteiger partial charge in [0.2, 0.25) is 0 Å². The molecule has 25 heavy (non-hydrogen) atoms. The van der Waals surface area contributed by atoms with Crippen molar-refractivity contribution < 1.29 is 9.72 Å². The van der Waals surface area contributed by atoms with E-state index >= 15 is 0 Å². The van der Waals surface area contributed by atoms with E-state index in [0.29, 0.717) is 5.56 Å². The topological polar surface area (TPSA) is 63.5 Å². The highest BCUT2D eigenvalue weighted by Crippen LogP contribution is 2.38. The molecule has 0 N–H and O–H groups in total. The average molecular weight is 336 g/mol. The van der Waals surface area contributed by atoms with Crippen LogP contribution in [-0.4, -0.2) is 22.8 Å². The van der Waals surface area contributed by atoms with E-state index in [2.05, 4.69) is 31.7 Å². The van der Waals surface area contributed by atoms with Crippen molar-refractivity contribution in [3.63, 3.8) is 0 Å². The molecule has 0 aliphatic carbocycles. The van der Waals surface area contributed by atoms with E-state index in [4.69, 9.17) is 0 Å². The van der Waals surface area contributed by atoms with Crippen LogP contribution in [0, 0.1) is 10.1 Å². The van der Waals surface area contributed by atoms with Crippen LogP contribution in [0.15, 0.2) is 54.1 Å². The number of nitro groups is 1. The summed E-state index contributed by atoms with van der Waals surface area (Å²) in [6.07, 6.45) is 2.15. The van der Waals surface area contributed by atoms with E-state index in [1.807, 2.05) is 24.3 Å². The van der Waals surface area contributed by atoms with Crippen molar-refractivity contribution in [1.29, 1.82) is 0 Å². The van der Waals surface area contributed by atoms with Gasteiger partial charge in [-0.15, -0.1) is 0 Å². The number of hydrogen-bond donors (Lipinski definition) is 0. The van der Waals surface area contributed by atoms with E-state index in [1.165, 1.54) is 29.8 Å². The molecule has 128 valence electrons. The summed E-state index contributed by atoms with van der Waals surface area (Å²) >= 11 is 0. The van der Waals surface area contributed by atoms with Gasteiger partial charge in [-0.3, -0.25) is 14.9 Å². The summed E-state index contributed by atoms with van der Waals surface area (Å²) in [6, 6.07) is 13.8. The Morgan fingerprint density at radius 3 is 2.40 bits per heavy atom. The molecule has 1 heterocycles. The number of ketones is 1. The van der Waals surface area contributed by atoms with Crippen LogP contribution >= 0.6 is 0 Å². The minimum Gasteiger partial charge on any atom is -0.354 e. The molecule has 0 fully saturated rings. The van der Waals surface area contributed by atoms with Crippen LogP contribution in [0.5, 0.6) is 0 Å². The van der Waals surface area contributed by atoms with Gasteiger partial charge >= 0.3 is 0 Å². The minimum atomic E-state index is -0.466. The molecule has 0 saturated carbocycles. The second kappa shape index (κ2) is 6.16. The van der Waals surface area contributed by atoms with Crippen LogP contribution in [0.3, 0.4) is 0 Å². The minimum absolute atomic E-state index is 0.0148. The Morgan fingerprint density at radius 1 is 1.12 bits per heavy atom. The van der Waals surface area contributed by atoms with Crippen molar-refractivity contribution in [2.24, 2.45) is 0 Å². The number of nitrogens with zero attached hydrogens (tertiary/aromatic N) is 2. The number of carbonyl (C=O) groups is 1. The van der Waals surface area contributed by atoms with Gasteiger partial charge in [0.25, 0.3) is 5.69 Å². The van der Waals surface area contributed by atoms with Gasteiger partial charge in [0.05, 0.1) is 17.0 Å². The Bertz CT molecular complexity index is 867. The van der Waals surface area contributed by atoms with Crippen LogP contribution in [0.25, 0.3) is 6.08 Å². The van der Waals surface area contributed by atoms with Gasteiger partial charge in [-0.2, -0.15) is 0 Å². The van der Waals surface area contributed by atoms with Crippen molar-refractivity contribution >= 4 is 23.2 Å². The first-order valence-electron chi connectivity index (χ1n) is 8.14. The molecular formula is C20H20N2O3. The molecule has 1 aliphatic heterocycles. The third-order valence-corrected chi connectivity index (χ3v) is 4.94. The fourth-order valence-electron chi connectivity index (χ4n) is 3.07. The molecule has 3 rings (SSSR count). The summed E-state index contributed by atoms with van der Waals surface area (Å²) in [7, 11) is 0. The quantitative estimate of drug-likeness (QED) is 0.469. The number of benzene rings is 2. The molecule has 0 saturated heterocycles. The fourth-order valence-corrected chi connectivity index (χ4v) is 3.07. The van der Waals surface area contributed by atoms with Crippen LogP contribution in [0.2, 0.25) is 0 Å². The van der Waals surface area contributed by atoms with Crippen molar-refractivity contribution in [2.45, 2.75) is 26.3 Å². The largest absolute Gasteiger partial charge is 0.354 e. The number of rotatable bonds is 4. The second-order valence-corrected chi connectivity index (χ2v) is 6.76. The molecule has 0 unspecified atom stereocenters. The summed E-state index contributed by atoms with van der Waals surface area (Å²) in [5.41, 5.74) is 3.47. The zero-order chi connectivity index (χ0) is 18.2. The highest BCUT2D eigenvalue weighted by atomic mass is 16.6. The molecule has 0 bridgehead atoms. The summed E-state index contributed by atoms with van der Waals surface area (Å²) in [5, 5.41) is 10.8. The van der Waals surface area contributed by atoms with Gasteiger partial charge in [0.15, 0.2) is 5.78 Å². The average Bonchev–Trinajstić information content (AvgIpc) is 2.59. The molecule has 2 aromatic rings. The van der Waals surface area contributed by atoms with Gasteiger partial charge in [-0.25, -0.2) is 0 Å². The number of non-ortho nitro benzene ring substituents is 1. The van der Waals surface area contributed by atoms with E-state index in [-0.39, 0.29) is 23.6 Å². The number of hydrogen-bond acceptors (Lipinski definition) is 4. The molecule has 5 heteroatoms. The lowest BCUT2D eigenvalue weighted by Gasteiger charge is -2.44. The first-order valence-corrected chi connectivity index (χ1v) is 8.14. The van der Waals surface area contributed by atoms with Crippen molar-refractivity contribution in [1.82, 2.24) is 0 Å². The summed E-state index contributed by atoms with van der Waals surface area (Å²) in [6.45, 7) is 6.47. The lowest BCUT2D eigenvalue weighted by Crippen LogP contribution is -2.49. The molecule has 0 amide bonds. The highest BCUT2D eigenvalue weighted by Gasteiger charge is 2.34. The Hall–Kier alpha value is -2.95. The predicted octanol–water partition coefficient (Wildman–Crippen LogP) is 4.48. The van der Waals surface area contributed by atoms with Gasteiger partial charge in [0.1, 0.15) is 0 Å². The van der Waals surface area contributed by atoms with Crippen molar-refractivity contribution in [3.8, 4) is 0 Å². The number of carbonyl (C=O) groups excluding carboxylic acids is 1. The third kappa shape index (κ3) is 3.05. The molecule has 5 nitrogen and oxygen atoms in total. The standard InChI is InChI=1S/C20H20N2O3/c1-14-12-16-6-4-5-7-18(16)21(20(14,2)3)13-19(23)15-8-10-17(11-9-15)22(24)25/h4-12H,13H2,1-3H3. The van der Waals surface area contributed by atoms with E-state index in [1.54, 1.807) is 0 Å². The molecule has 2 aromatic carbocycles. The smallest absolute Gasteiger partial charge is 0.269 e. The van der Waals surface area contributed by atoms with Gasteiger partial charge < -0.3 is 4.90 Å². The number of fused-ring (bicyclic) bond motifs is 1. The highest BCUT2D eigenvalue weighted by molar-refractivity contribution is 6.00. The first-order chi connectivity index (χ1) is 11.8. The van der Waals surface area contributed by atoms with E-state index < -0.39 is 4.92 Å². The Kier molecular flexibility index (Phi) is 4.17. The predicted molar refractivity (Wildman–Crippen MR) is 98.9 cm³/mol. The molecule has 0 atom stereocenters. The SMILES string of the molecule is CC1=Cc2ccccc2N(CC(=O)c2ccc([N+](=O)[O-])cc2)C1(C)C. The van der Waals surface area contributed by atoms with Crippen LogP contribution < -0.4 is 4.90 Å². The third-order valence-electron chi connectivity index (χ3n) is 4.94. The zero-order valence-electron chi connectivity index (χ0n) is 14.5. The van der Waals surface area contributed by atoms with E-state index in [9.17, 15) is 14.9 Å². The molecule has 0 spiro atoms. The Morgan fingerprint density at radius 2 is 1.76 bits per heavy atom.